The first kappa shape index (κ1) is 20.7. The zero-order valence-electron chi connectivity index (χ0n) is 17.3. The lowest BCUT2D eigenvalue weighted by Gasteiger charge is -2.42. The highest BCUT2D eigenvalue weighted by atomic mass is 28.4. The smallest absolute Gasteiger partial charge is 0.222 e. The molecule has 28 heavy (non-hydrogen) atoms. The summed E-state index contributed by atoms with van der Waals surface area (Å²) in [6.07, 6.45) is 0.284. The number of anilines is 1. The molecule has 0 bridgehead atoms. The van der Waals surface area contributed by atoms with Gasteiger partial charge in [0.05, 0.1) is 24.5 Å². The molecule has 1 fully saturated rings. The molecule has 9 heteroatoms. The van der Waals surface area contributed by atoms with E-state index in [1.165, 1.54) is 6.33 Å². The van der Waals surface area contributed by atoms with Crippen LogP contribution in [0.1, 0.15) is 33.4 Å². The Balaban J connectivity index is 2.18. The van der Waals surface area contributed by atoms with Crippen LogP contribution in [0.2, 0.25) is 18.1 Å². The van der Waals surface area contributed by atoms with E-state index in [4.69, 9.17) is 14.9 Å². The molecule has 1 aliphatic rings. The van der Waals surface area contributed by atoms with Gasteiger partial charge in [-0.05, 0) is 30.3 Å². The van der Waals surface area contributed by atoms with Crippen molar-refractivity contribution in [3.8, 4) is 6.07 Å². The highest BCUT2D eigenvalue weighted by Gasteiger charge is 2.59. The molecule has 3 rings (SSSR count). The highest BCUT2D eigenvalue weighted by Crippen LogP contribution is 2.48. The molecule has 0 aromatic carbocycles. The average molecular weight is 404 g/mol. The van der Waals surface area contributed by atoms with Gasteiger partial charge in [0.1, 0.15) is 17.9 Å². The lowest BCUT2D eigenvalue weighted by Crippen LogP contribution is -2.51. The monoisotopic (exact) mass is 403 g/mol. The van der Waals surface area contributed by atoms with Crippen molar-refractivity contribution in [3.05, 3.63) is 24.2 Å². The number of hydrogen-bond donors (Lipinski definition) is 2. The summed E-state index contributed by atoms with van der Waals surface area (Å²) in [6, 6.07) is 5.90. The van der Waals surface area contributed by atoms with Crippen molar-refractivity contribution in [2.45, 2.75) is 63.6 Å². The third-order valence-corrected chi connectivity index (χ3v) is 10.7. The van der Waals surface area contributed by atoms with Gasteiger partial charge in [-0.3, -0.25) is 0 Å². The number of hydrogen-bond acceptors (Lipinski definition) is 7. The standard InChI is InChI=1S/C19H29N5O3Si/c1-12-14(9-25)26-19(10-20,16(12)27-28(5,6)18(2,3)4)15-8-7-13-17(21)22-11-23-24(13)15/h7-8,11-12,14,16,25H,9H2,1-6H3,(H2,21,22,23)/t12-,14-,16-,19+/m1/s1. The molecular formula is C19H29N5O3Si. The number of nitriles is 1. The zero-order chi connectivity index (χ0) is 20.9. The number of aliphatic hydroxyl groups is 1. The highest BCUT2D eigenvalue weighted by molar-refractivity contribution is 6.74. The molecule has 0 unspecified atom stereocenters. The van der Waals surface area contributed by atoms with Crippen LogP contribution in [-0.2, 0) is 14.8 Å². The number of ether oxygens (including phenoxy) is 1. The summed E-state index contributed by atoms with van der Waals surface area (Å²) >= 11 is 0. The third kappa shape index (κ3) is 3.01. The maximum absolute atomic E-state index is 10.3. The van der Waals surface area contributed by atoms with Crippen molar-refractivity contribution < 1.29 is 14.3 Å². The van der Waals surface area contributed by atoms with Crippen LogP contribution in [0.15, 0.2) is 18.5 Å². The van der Waals surface area contributed by atoms with E-state index in [0.717, 1.165) is 0 Å². The number of nitrogen functional groups attached to an aromatic ring is 1. The molecule has 152 valence electrons. The second-order valence-electron chi connectivity index (χ2n) is 9.01. The third-order valence-electron chi connectivity index (χ3n) is 6.24. The molecule has 1 aliphatic heterocycles. The topological polar surface area (TPSA) is 119 Å². The number of nitrogens with zero attached hydrogens (tertiary/aromatic N) is 4. The molecule has 0 radical (unpaired) electrons. The van der Waals surface area contributed by atoms with Gasteiger partial charge in [-0.15, -0.1) is 0 Å². The van der Waals surface area contributed by atoms with E-state index in [9.17, 15) is 10.4 Å². The van der Waals surface area contributed by atoms with Crippen LogP contribution >= 0.6 is 0 Å². The van der Waals surface area contributed by atoms with Crippen molar-refractivity contribution >= 4 is 19.7 Å². The van der Waals surface area contributed by atoms with Crippen LogP contribution in [0, 0.1) is 17.2 Å². The Labute approximate surface area is 166 Å². The molecule has 0 amide bonds. The van der Waals surface area contributed by atoms with Crippen LogP contribution in [0.5, 0.6) is 0 Å². The Hall–Kier alpha value is -1.99. The van der Waals surface area contributed by atoms with E-state index in [0.29, 0.717) is 17.0 Å². The molecular weight excluding hydrogens is 374 g/mol. The molecule has 2 aromatic heterocycles. The quantitative estimate of drug-likeness (QED) is 0.753. The van der Waals surface area contributed by atoms with Gasteiger partial charge in [-0.1, -0.05) is 27.7 Å². The minimum absolute atomic E-state index is 0.0426. The van der Waals surface area contributed by atoms with Crippen LogP contribution in [0.25, 0.3) is 5.52 Å². The Bertz CT molecular complexity index is 916. The van der Waals surface area contributed by atoms with Crippen LogP contribution in [0.4, 0.5) is 5.82 Å². The van der Waals surface area contributed by atoms with E-state index in [1.807, 2.05) is 6.92 Å². The van der Waals surface area contributed by atoms with E-state index >= 15 is 0 Å². The molecule has 0 saturated carbocycles. The van der Waals surface area contributed by atoms with E-state index in [2.05, 4.69) is 50.0 Å². The second-order valence-corrected chi connectivity index (χ2v) is 13.8. The Morgan fingerprint density at radius 3 is 2.68 bits per heavy atom. The number of rotatable bonds is 4. The molecule has 1 saturated heterocycles. The van der Waals surface area contributed by atoms with Gasteiger partial charge in [0.2, 0.25) is 5.60 Å². The lowest BCUT2D eigenvalue weighted by atomic mass is 9.88. The second kappa shape index (κ2) is 6.81. The maximum atomic E-state index is 10.3. The van der Waals surface area contributed by atoms with Crippen LogP contribution < -0.4 is 5.73 Å². The average Bonchev–Trinajstić information content (AvgIpc) is 3.16. The normalized spacial score (nSPS) is 28.6. The molecule has 0 spiro atoms. The van der Waals surface area contributed by atoms with Gasteiger partial charge >= 0.3 is 0 Å². The molecule has 8 nitrogen and oxygen atoms in total. The summed E-state index contributed by atoms with van der Waals surface area (Å²) in [5.74, 6) is 0.143. The van der Waals surface area contributed by atoms with Crippen molar-refractivity contribution in [1.82, 2.24) is 14.6 Å². The molecule has 3 N–H and O–H groups in total. The minimum atomic E-state index is -2.23. The SMILES string of the molecule is C[C@H]1[C@@H](O[Si](C)(C)C(C)(C)C)[C@](C#N)(c2ccc3c(N)ncnn23)O[C@@H]1CO. The molecule has 3 heterocycles. The first-order chi connectivity index (χ1) is 13.0. The van der Waals surface area contributed by atoms with Gasteiger partial charge in [0.25, 0.3) is 0 Å². The predicted octanol–water partition coefficient (Wildman–Crippen LogP) is 2.45. The maximum Gasteiger partial charge on any atom is 0.222 e. The number of nitrogens with two attached hydrogens (primary N) is 1. The Kier molecular flexibility index (Phi) is 5.04. The summed E-state index contributed by atoms with van der Waals surface area (Å²) < 4.78 is 14.5. The van der Waals surface area contributed by atoms with E-state index < -0.39 is 26.1 Å². The van der Waals surface area contributed by atoms with E-state index in [-0.39, 0.29) is 17.6 Å². The number of aromatic nitrogens is 3. The molecule has 2 aromatic rings. The van der Waals surface area contributed by atoms with E-state index in [1.54, 1.807) is 16.6 Å². The fourth-order valence-electron chi connectivity index (χ4n) is 3.45. The summed E-state index contributed by atoms with van der Waals surface area (Å²) in [6.45, 7) is 12.5. The lowest BCUT2D eigenvalue weighted by molar-refractivity contribution is -0.0606. The number of fused-ring (bicyclic) bond motifs is 1. The van der Waals surface area contributed by atoms with Crippen molar-refractivity contribution in [2.75, 3.05) is 12.3 Å². The zero-order valence-corrected chi connectivity index (χ0v) is 18.3. The molecule has 0 aliphatic carbocycles. The van der Waals surface area contributed by atoms with Crippen LogP contribution in [0.3, 0.4) is 0 Å². The summed E-state index contributed by atoms with van der Waals surface area (Å²) in [5, 5.41) is 24.4. The summed E-state index contributed by atoms with van der Waals surface area (Å²) in [5.41, 5.74) is 5.69. The first-order valence-electron chi connectivity index (χ1n) is 9.45. The summed E-state index contributed by atoms with van der Waals surface area (Å²) in [4.78, 5) is 4.01. The van der Waals surface area contributed by atoms with Gasteiger partial charge in [-0.2, -0.15) is 10.4 Å². The van der Waals surface area contributed by atoms with Gasteiger partial charge in [0, 0.05) is 5.92 Å². The molecule has 4 atom stereocenters. The van der Waals surface area contributed by atoms with Crippen molar-refractivity contribution in [2.24, 2.45) is 5.92 Å². The largest absolute Gasteiger partial charge is 0.409 e. The van der Waals surface area contributed by atoms with Gasteiger partial charge < -0.3 is 20.0 Å². The van der Waals surface area contributed by atoms with Crippen molar-refractivity contribution in [1.29, 1.82) is 5.26 Å². The summed E-state index contributed by atoms with van der Waals surface area (Å²) in [7, 11) is -2.23. The number of aliphatic hydroxyl groups excluding tert-OH is 1. The van der Waals surface area contributed by atoms with Crippen LogP contribution in [-0.4, -0.2) is 46.8 Å². The van der Waals surface area contributed by atoms with Gasteiger partial charge in [-0.25, -0.2) is 9.50 Å². The Morgan fingerprint density at radius 2 is 2.11 bits per heavy atom. The fraction of sp³-hybridized carbons (Fsp3) is 0.632. The Morgan fingerprint density at radius 1 is 1.43 bits per heavy atom. The predicted molar refractivity (Wildman–Crippen MR) is 108 cm³/mol. The fourth-order valence-corrected chi connectivity index (χ4v) is 4.82. The van der Waals surface area contributed by atoms with Gasteiger partial charge in [0.15, 0.2) is 14.1 Å². The minimum Gasteiger partial charge on any atom is -0.409 e. The van der Waals surface area contributed by atoms with Crippen molar-refractivity contribution in [3.63, 3.8) is 0 Å². The first-order valence-corrected chi connectivity index (χ1v) is 12.4.